The van der Waals surface area contributed by atoms with E-state index in [0.717, 1.165) is 32.1 Å². The zero-order valence-corrected chi connectivity index (χ0v) is 19.2. The molecule has 0 saturated heterocycles. The smallest absolute Gasteiger partial charge is 0.155 e. The topological polar surface area (TPSA) is 43.4 Å². The van der Waals surface area contributed by atoms with Gasteiger partial charge >= 0.3 is 0 Å². The zero-order chi connectivity index (χ0) is 21.8. The fraction of sp³-hybridized carbons (Fsp3) is 0.643. The maximum atomic E-state index is 12.9. The number of carbonyl (C=O) groups is 2. The Bertz CT molecular complexity index is 902. The van der Waals surface area contributed by atoms with Crippen LogP contribution in [0.25, 0.3) is 0 Å². The normalized spacial score (nSPS) is 41.7. The lowest BCUT2D eigenvalue weighted by Gasteiger charge is -2.57. The Balaban J connectivity index is 1.41. The van der Waals surface area contributed by atoms with Crippen molar-refractivity contribution < 1.29 is 14.3 Å². The first kappa shape index (κ1) is 21.1. The van der Waals surface area contributed by atoms with Crippen molar-refractivity contribution >= 4 is 11.6 Å². The van der Waals surface area contributed by atoms with Gasteiger partial charge in [-0.05, 0) is 85.7 Å². The van der Waals surface area contributed by atoms with E-state index < -0.39 is 0 Å². The van der Waals surface area contributed by atoms with Crippen molar-refractivity contribution in [3.8, 4) is 0 Å². The van der Waals surface area contributed by atoms with Gasteiger partial charge in [-0.3, -0.25) is 9.59 Å². The van der Waals surface area contributed by atoms with Crippen molar-refractivity contribution in [3.05, 3.63) is 47.5 Å². The summed E-state index contributed by atoms with van der Waals surface area (Å²) in [5.41, 5.74) is 2.80. The van der Waals surface area contributed by atoms with E-state index in [9.17, 15) is 9.59 Å². The number of rotatable bonds is 4. The molecule has 0 amide bonds. The minimum atomic E-state index is -0.000147. The first-order valence-electron chi connectivity index (χ1n) is 12.2. The van der Waals surface area contributed by atoms with Gasteiger partial charge in [-0.15, -0.1) is 0 Å². The largest absolute Gasteiger partial charge is 0.373 e. The van der Waals surface area contributed by atoms with Crippen LogP contribution in [0.5, 0.6) is 0 Å². The number of ketones is 2. The Morgan fingerprint density at radius 3 is 2.58 bits per heavy atom. The van der Waals surface area contributed by atoms with E-state index in [1.165, 1.54) is 17.6 Å². The van der Waals surface area contributed by atoms with Crippen LogP contribution in [-0.4, -0.2) is 17.7 Å². The van der Waals surface area contributed by atoms with Crippen molar-refractivity contribution in [1.82, 2.24) is 0 Å². The van der Waals surface area contributed by atoms with E-state index in [0.29, 0.717) is 42.3 Å². The molecule has 0 spiro atoms. The van der Waals surface area contributed by atoms with E-state index >= 15 is 0 Å². The third-order valence-corrected chi connectivity index (χ3v) is 9.71. The summed E-state index contributed by atoms with van der Waals surface area (Å²) in [6, 6.07) is 10.3. The van der Waals surface area contributed by atoms with E-state index in [4.69, 9.17) is 4.74 Å². The standard InChI is InChI=1S/C28H36O3/c1-18(29)26-25(31-17-19-7-5-4-6-8-19)16-24-22-10-9-20-15-21(30)11-13-27(20,2)23(22)12-14-28(24,26)3/h4-8,15,22-26H,9-14,16-17H2,1-3H3/t22-,23+,24+,25?,26+,27+,28+/m1/s1. The fourth-order valence-electron chi connectivity index (χ4n) is 8.22. The maximum Gasteiger partial charge on any atom is 0.155 e. The molecule has 0 N–H and O–H groups in total. The highest BCUT2D eigenvalue weighted by Crippen LogP contribution is 2.67. The van der Waals surface area contributed by atoms with E-state index in [1.54, 1.807) is 6.92 Å². The SMILES string of the molecule is CC(=O)[C@H]1C(OCc2ccccc2)C[C@H]2[C@@H]3CCC4=CC(=O)CC[C@]4(C)[C@H]3CC[C@]12C. The number of allylic oxidation sites excluding steroid dienone is 1. The lowest BCUT2D eigenvalue weighted by molar-refractivity contribution is -0.133. The second-order valence-corrected chi connectivity index (χ2v) is 11.2. The van der Waals surface area contributed by atoms with Crippen molar-refractivity contribution in [2.75, 3.05) is 0 Å². The summed E-state index contributed by atoms with van der Waals surface area (Å²) in [5.74, 6) is 2.43. The Hall–Kier alpha value is -1.74. The first-order chi connectivity index (χ1) is 14.8. The number of carbonyl (C=O) groups excluding carboxylic acids is 2. The van der Waals surface area contributed by atoms with E-state index in [-0.39, 0.29) is 22.9 Å². The highest BCUT2D eigenvalue weighted by Gasteiger charge is 2.62. The number of ether oxygens (including phenoxy) is 1. The van der Waals surface area contributed by atoms with Crippen LogP contribution in [0.15, 0.2) is 42.0 Å². The van der Waals surface area contributed by atoms with E-state index in [1.807, 2.05) is 24.3 Å². The zero-order valence-electron chi connectivity index (χ0n) is 19.2. The van der Waals surface area contributed by atoms with Crippen molar-refractivity contribution in [2.45, 2.75) is 78.4 Å². The fourth-order valence-corrected chi connectivity index (χ4v) is 8.22. The van der Waals surface area contributed by atoms with Crippen LogP contribution < -0.4 is 0 Å². The highest BCUT2D eigenvalue weighted by atomic mass is 16.5. The average Bonchev–Trinajstić information content (AvgIpc) is 3.06. The minimum absolute atomic E-state index is 0.000147. The summed E-state index contributed by atoms with van der Waals surface area (Å²) in [6.07, 6.45) is 9.20. The molecule has 3 saturated carbocycles. The summed E-state index contributed by atoms with van der Waals surface area (Å²) in [5, 5.41) is 0. The molecule has 4 aliphatic carbocycles. The van der Waals surface area contributed by atoms with Gasteiger partial charge in [0.15, 0.2) is 5.78 Å². The summed E-state index contributed by atoms with van der Waals surface area (Å²) < 4.78 is 6.47. The Morgan fingerprint density at radius 2 is 1.84 bits per heavy atom. The molecule has 3 nitrogen and oxygen atoms in total. The predicted octanol–water partition coefficient (Wildman–Crippen LogP) is 5.92. The molecule has 0 bridgehead atoms. The van der Waals surface area contributed by atoms with Crippen molar-refractivity contribution in [2.24, 2.45) is 34.5 Å². The lowest BCUT2D eigenvalue weighted by Crippen LogP contribution is -2.51. The summed E-state index contributed by atoms with van der Waals surface area (Å²) >= 11 is 0. The molecule has 0 radical (unpaired) electrons. The van der Waals surface area contributed by atoms with Gasteiger partial charge in [0, 0.05) is 12.3 Å². The molecular weight excluding hydrogens is 384 g/mol. The van der Waals surface area contributed by atoms with Gasteiger partial charge in [-0.2, -0.15) is 0 Å². The van der Waals surface area contributed by atoms with Crippen LogP contribution in [-0.2, 0) is 20.9 Å². The number of fused-ring (bicyclic) bond motifs is 5. The monoisotopic (exact) mass is 420 g/mol. The molecular formula is C28H36O3. The number of hydrogen-bond donors (Lipinski definition) is 0. The lowest BCUT2D eigenvalue weighted by atomic mass is 9.46. The first-order valence-corrected chi connectivity index (χ1v) is 12.2. The van der Waals surface area contributed by atoms with Gasteiger partial charge in [0.2, 0.25) is 0 Å². The number of hydrogen-bond acceptors (Lipinski definition) is 3. The second kappa shape index (κ2) is 7.69. The summed E-state index contributed by atoms with van der Waals surface area (Å²) in [6.45, 7) is 7.16. The van der Waals surface area contributed by atoms with Crippen LogP contribution in [0.2, 0.25) is 0 Å². The summed E-state index contributed by atoms with van der Waals surface area (Å²) in [4.78, 5) is 25.0. The quantitative estimate of drug-likeness (QED) is 0.607. The third-order valence-electron chi connectivity index (χ3n) is 9.71. The van der Waals surface area contributed by atoms with Crippen LogP contribution in [0.3, 0.4) is 0 Å². The summed E-state index contributed by atoms with van der Waals surface area (Å²) in [7, 11) is 0. The van der Waals surface area contributed by atoms with Crippen LogP contribution in [0.1, 0.15) is 71.3 Å². The highest BCUT2D eigenvalue weighted by molar-refractivity contribution is 5.91. The molecule has 4 aliphatic rings. The molecule has 1 aromatic rings. The van der Waals surface area contributed by atoms with Crippen LogP contribution >= 0.6 is 0 Å². The molecule has 5 rings (SSSR count). The van der Waals surface area contributed by atoms with Crippen molar-refractivity contribution in [1.29, 1.82) is 0 Å². The molecule has 166 valence electrons. The number of benzene rings is 1. The minimum Gasteiger partial charge on any atom is -0.373 e. The Labute approximate surface area is 186 Å². The maximum absolute atomic E-state index is 12.9. The van der Waals surface area contributed by atoms with Gasteiger partial charge in [0.05, 0.1) is 12.7 Å². The third kappa shape index (κ3) is 3.35. The molecule has 0 aliphatic heterocycles. The number of Topliss-reactive ketones (excluding diaryl/α,β-unsaturated/α-hetero) is 1. The molecule has 1 aromatic carbocycles. The Morgan fingerprint density at radius 1 is 1.06 bits per heavy atom. The second-order valence-electron chi connectivity index (χ2n) is 11.2. The molecule has 0 aromatic heterocycles. The molecule has 3 fully saturated rings. The van der Waals surface area contributed by atoms with Gasteiger partial charge in [0.25, 0.3) is 0 Å². The molecule has 3 heteroatoms. The molecule has 7 atom stereocenters. The van der Waals surface area contributed by atoms with Crippen LogP contribution in [0.4, 0.5) is 0 Å². The van der Waals surface area contributed by atoms with E-state index in [2.05, 4.69) is 26.0 Å². The predicted molar refractivity (Wildman–Crippen MR) is 121 cm³/mol. The molecule has 31 heavy (non-hydrogen) atoms. The molecule has 0 heterocycles. The van der Waals surface area contributed by atoms with Gasteiger partial charge in [0.1, 0.15) is 5.78 Å². The van der Waals surface area contributed by atoms with Crippen LogP contribution in [0, 0.1) is 34.5 Å². The van der Waals surface area contributed by atoms with Crippen molar-refractivity contribution in [3.63, 3.8) is 0 Å². The Kier molecular flexibility index (Phi) is 5.24. The molecule has 1 unspecified atom stereocenters. The van der Waals surface area contributed by atoms with Gasteiger partial charge in [-0.1, -0.05) is 49.8 Å². The average molecular weight is 421 g/mol. The van der Waals surface area contributed by atoms with Gasteiger partial charge < -0.3 is 4.74 Å². The van der Waals surface area contributed by atoms with Gasteiger partial charge in [-0.25, -0.2) is 0 Å².